The molecule has 0 spiro atoms. The fraction of sp³-hybridized carbons (Fsp3) is 0.263. The summed E-state index contributed by atoms with van der Waals surface area (Å²) in [5, 5.41) is 11.5. The summed E-state index contributed by atoms with van der Waals surface area (Å²) in [5.74, 6) is -1.01. The number of nitrogens with zero attached hydrogens (tertiary/aromatic N) is 1. The Balaban J connectivity index is 2.01. The summed E-state index contributed by atoms with van der Waals surface area (Å²) in [5.41, 5.74) is -2.57. The summed E-state index contributed by atoms with van der Waals surface area (Å²) in [7, 11) is -9.88. The average molecular weight is 488 g/mol. The molecule has 0 aliphatic heterocycles. The van der Waals surface area contributed by atoms with E-state index >= 15 is 0 Å². The molecule has 2 aromatic carbocycles. The number of halogens is 8. The molecule has 2 aromatic rings. The minimum atomic E-state index is -9.88. The number of hydrogen-bond donors (Lipinski definition) is 1. The zero-order valence-electron chi connectivity index (χ0n) is 16.2. The van der Waals surface area contributed by atoms with E-state index in [0.717, 1.165) is 12.1 Å². The van der Waals surface area contributed by atoms with E-state index in [9.17, 15) is 42.7 Å². The normalized spacial score (nSPS) is 16.2. The molecule has 1 N–H and O–H groups in total. The Bertz CT molecular complexity index is 1030. The van der Waals surface area contributed by atoms with Gasteiger partial charge >= 0.3 is 16.4 Å². The van der Waals surface area contributed by atoms with Crippen molar-refractivity contribution in [2.45, 2.75) is 30.1 Å². The number of amides is 1. The van der Waals surface area contributed by atoms with E-state index < -0.39 is 50.5 Å². The second-order valence-electron chi connectivity index (χ2n) is 7.08. The molecule has 0 fully saturated rings. The third kappa shape index (κ3) is 6.83. The monoisotopic (exact) mass is 488 g/mol. The number of nitrogens with one attached hydrogen (secondary N) is 1. The molecule has 0 bridgehead atoms. The van der Waals surface area contributed by atoms with Crippen molar-refractivity contribution in [2.75, 3.05) is 6.61 Å². The summed E-state index contributed by atoms with van der Waals surface area (Å²) in [6, 6.07) is 7.01. The van der Waals surface area contributed by atoms with Crippen molar-refractivity contribution in [2.24, 2.45) is 0 Å². The maximum Gasteiger partial charge on any atom is 0.416 e. The van der Waals surface area contributed by atoms with Gasteiger partial charge < -0.3 is 10.1 Å². The Morgan fingerprint density at radius 2 is 1.53 bits per heavy atom. The van der Waals surface area contributed by atoms with Gasteiger partial charge in [0, 0.05) is 5.56 Å². The van der Waals surface area contributed by atoms with Crippen molar-refractivity contribution in [1.29, 1.82) is 5.26 Å². The molecule has 0 saturated heterocycles. The van der Waals surface area contributed by atoms with Crippen LogP contribution in [0.3, 0.4) is 0 Å². The number of benzene rings is 2. The molecule has 0 aliphatic carbocycles. The second kappa shape index (κ2) is 7.63. The quantitative estimate of drug-likeness (QED) is 0.447. The van der Waals surface area contributed by atoms with Crippen molar-refractivity contribution in [1.82, 2.24) is 5.32 Å². The topological polar surface area (TPSA) is 62.1 Å². The molecule has 0 aromatic heterocycles. The van der Waals surface area contributed by atoms with Gasteiger partial charge in [-0.2, -0.15) is 18.4 Å². The maximum atomic E-state index is 12.7. The number of hydrogen-bond acceptors (Lipinski definition) is 3. The highest BCUT2D eigenvalue weighted by Crippen LogP contribution is 3.02. The van der Waals surface area contributed by atoms with Crippen LogP contribution in [-0.4, -0.2) is 18.1 Å². The van der Waals surface area contributed by atoms with E-state index in [4.69, 9.17) is 4.74 Å². The summed E-state index contributed by atoms with van der Waals surface area (Å²) in [4.78, 5) is 10.1. The fourth-order valence-electron chi connectivity index (χ4n) is 2.45. The SMILES string of the molecule is CC(C#N)(COCc1ccc(C(F)(F)F)cc1)NC(=O)c1ccc(S(F)(F)(F)(F)F)cc1. The molecule has 0 saturated carbocycles. The summed E-state index contributed by atoms with van der Waals surface area (Å²) >= 11 is 0. The van der Waals surface area contributed by atoms with E-state index in [0.29, 0.717) is 17.7 Å². The van der Waals surface area contributed by atoms with Gasteiger partial charge in [0.05, 0.1) is 24.8 Å². The maximum absolute atomic E-state index is 12.7. The van der Waals surface area contributed by atoms with Crippen molar-refractivity contribution in [3.8, 4) is 6.07 Å². The van der Waals surface area contributed by atoms with Crippen LogP contribution in [0.4, 0.5) is 32.6 Å². The van der Waals surface area contributed by atoms with E-state index in [1.807, 2.05) is 0 Å². The van der Waals surface area contributed by atoms with Crippen molar-refractivity contribution < 1.29 is 42.1 Å². The van der Waals surface area contributed by atoms with Gasteiger partial charge in [-0.05, 0) is 48.9 Å². The number of carbonyl (C=O) groups is 1. The van der Waals surface area contributed by atoms with Gasteiger partial charge in [0.2, 0.25) is 0 Å². The lowest BCUT2D eigenvalue weighted by atomic mass is 10.1. The van der Waals surface area contributed by atoms with Crippen LogP contribution in [-0.2, 0) is 17.5 Å². The minimum absolute atomic E-state index is 0.0707. The molecule has 1 amide bonds. The number of carbonyl (C=O) groups excluding carboxylic acids is 1. The zero-order valence-corrected chi connectivity index (χ0v) is 17.0. The second-order valence-corrected chi connectivity index (χ2v) is 9.49. The van der Waals surface area contributed by atoms with E-state index in [2.05, 4.69) is 5.32 Å². The minimum Gasteiger partial charge on any atom is -0.373 e. The van der Waals surface area contributed by atoms with Gasteiger partial charge in [-0.1, -0.05) is 31.6 Å². The standard InChI is InChI=1S/C19H16F8N2O2S/c1-18(11-28,12-31-10-13-2-6-15(7-3-13)19(20,21)22)29-17(30)14-4-8-16(9-5-14)32(23,24,25,26)27/h2-9H,10,12H2,1H3,(H,29,30). The molecule has 0 aliphatic rings. The molecule has 1 unspecified atom stereocenters. The predicted octanol–water partition coefficient (Wildman–Crippen LogP) is 6.59. The van der Waals surface area contributed by atoms with Crippen molar-refractivity contribution in [3.63, 3.8) is 0 Å². The molecular weight excluding hydrogens is 472 g/mol. The van der Waals surface area contributed by atoms with Crippen molar-refractivity contribution in [3.05, 3.63) is 65.2 Å². The summed E-state index contributed by atoms with van der Waals surface area (Å²) in [6.45, 7) is 0.629. The van der Waals surface area contributed by atoms with Crippen molar-refractivity contribution >= 4 is 16.1 Å². The van der Waals surface area contributed by atoms with Gasteiger partial charge in [-0.25, -0.2) is 0 Å². The Labute approximate surface area is 177 Å². The number of nitriles is 1. The Hall–Kier alpha value is -2.85. The molecular formula is C19H16F8N2O2S. The van der Waals surface area contributed by atoms with Crippen LogP contribution in [0.2, 0.25) is 0 Å². The molecule has 2 rings (SSSR count). The highest BCUT2D eigenvalue weighted by molar-refractivity contribution is 8.45. The van der Waals surface area contributed by atoms with Gasteiger partial charge in [-0.15, -0.1) is 0 Å². The van der Waals surface area contributed by atoms with Crippen LogP contribution in [0.25, 0.3) is 0 Å². The highest BCUT2D eigenvalue weighted by Gasteiger charge is 2.65. The molecule has 13 heteroatoms. The molecule has 1 atom stereocenters. The Morgan fingerprint density at radius 3 is 1.97 bits per heavy atom. The first-order valence-corrected chi connectivity index (χ1v) is 10.6. The van der Waals surface area contributed by atoms with E-state index in [1.165, 1.54) is 19.1 Å². The van der Waals surface area contributed by atoms with Crippen LogP contribution in [0.5, 0.6) is 0 Å². The number of rotatable bonds is 7. The number of ether oxygens (including phenoxy) is 1. The predicted molar refractivity (Wildman–Crippen MR) is 100 cm³/mol. The summed E-state index contributed by atoms with van der Waals surface area (Å²) < 4.78 is 107. The Kier molecular flexibility index (Phi) is 6.06. The first-order valence-electron chi connectivity index (χ1n) is 8.65. The van der Waals surface area contributed by atoms with Crippen LogP contribution >= 0.6 is 10.2 Å². The van der Waals surface area contributed by atoms with Gasteiger partial charge in [-0.3, -0.25) is 4.79 Å². The summed E-state index contributed by atoms with van der Waals surface area (Å²) in [6.07, 6.45) is -4.50. The van der Waals surface area contributed by atoms with Crippen LogP contribution in [0.1, 0.15) is 28.4 Å². The first kappa shape index (κ1) is 25.4. The molecule has 176 valence electrons. The van der Waals surface area contributed by atoms with Gasteiger partial charge in [0.1, 0.15) is 10.4 Å². The van der Waals surface area contributed by atoms with Crippen LogP contribution in [0, 0.1) is 11.3 Å². The average Bonchev–Trinajstić information content (AvgIpc) is 2.66. The van der Waals surface area contributed by atoms with E-state index in [-0.39, 0.29) is 18.7 Å². The zero-order chi connectivity index (χ0) is 24.5. The molecule has 32 heavy (non-hydrogen) atoms. The number of alkyl halides is 3. The third-order valence-corrected chi connectivity index (χ3v) is 5.30. The first-order chi connectivity index (χ1) is 14.3. The molecule has 0 radical (unpaired) electrons. The van der Waals surface area contributed by atoms with Crippen LogP contribution < -0.4 is 5.32 Å². The lowest BCUT2D eigenvalue weighted by molar-refractivity contribution is -0.137. The Morgan fingerprint density at radius 1 is 1.00 bits per heavy atom. The molecule has 0 heterocycles. The third-order valence-electron chi connectivity index (χ3n) is 4.14. The van der Waals surface area contributed by atoms with Gasteiger partial charge in [0.15, 0.2) is 0 Å². The smallest absolute Gasteiger partial charge is 0.373 e. The van der Waals surface area contributed by atoms with E-state index in [1.54, 1.807) is 6.07 Å². The lowest BCUT2D eigenvalue weighted by Crippen LogP contribution is -2.48. The van der Waals surface area contributed by atoms with Crippen LogP contribution in [0.15, 0.2) is 53.4 Å². The highest BCUT2D eigenvalue weighted by atomic mass is 32.5. The largest absolute Gasteiger partial charge is 0.416 e. The molecule has 4 nitrogen and oxygen atoms in total. The lowest BCUT2D eigenvalue weighted by Gasteiger charge is -2.40. The van der Waals surface area contributed by atoms with Gasteiger partial charge in [0.25, 0.3) is 5.91 Å². The fourth-order valence-corrected chi connectivity index (χ4v) is 3.10.